The molecule has 0 aliphatic heterocycles. The molecular formula is C13H19BrN4O. The number of nitrogens with zero attached hydrogens (tertiary/aromatic N) is 1. The van der Waals surface area contributed by atoms with Crippen LogP contribution in [-0.4, -0.2) is 17.5 Å². The van der Waals surface area contributed by atoms with Gasteiger partial charge in [-0.1, -0.05) is 12.1 Å². The highest BCUT2D eigenvalue weighted by molar-refractivity contribution is 9.10. The van der Waals surface area contributed by atoms with Crippen LogP contribution in [0.3, 0.4) is 0 Å². The summed E-state index contributed by atoms with van der Waals surface area (Å²) in [5.41, 5.74) is 6.59. The zero-order valence-electron chi connectivity index (χ0n) is 11.5. The number of rotatable bonds is 1. The Morgan fingerprint density at radius 1 is 1.42 bits per heavy atom. The second-order valence-corrected chi connectivity index (χ2v) is 6.16. The lowest BCUT2D eigenvalue weighted by Gasteiger charge is -2.28. The van der Waals surface area contributed by atoms with Crippen LogP contribution in [0.5, 0.6) is 0 Å². The van der Waals surface area contributed by atoms with E-state index in [4.69, 9.17) is 11.1 Å². The van der Waals surface area contributed by atoms with Gasteiger partial charge in [0.1, 0.15) is 0 Å². The van der Waals surface area contributed by atoms with E-state index >= 15 is 0 Å². The second kappa shape index (κ2) is 5.61. The molecular weight excluding hydrogens is 308 g/mol. The maximum atomic E-state index is 12.3. The van der Waals surface area contributed by atoms with Crippen LogP contribution in [0.2, 0.25) is 0 Å². The molecule has 0 atom stereocenters. The van der Waals surface area contributed by atoms with E-state index in [0.717, 1.165) is 10.5 Å². The molecule has 0 aliphatic rings. The molecule has 6 heteroatoms. The van der Waals surface area contributed by atoms with Crippen molar-refractivity contribution in [3.05, 3.63) is 28.2 Å². The van der Waals surface area contributed by atoms with Crippen molar-refractivity contribution in [2.75, 3.05) is 4.90 Å². The monoisotopic (exact) mass is 326 g/mol. The van der Waals surface area contributed by atoms with Crippen LogP contribution in [0.25, 0.3) is 0 Å². The molecule has 1 rings (SSSR count). The third kappa shape index (κ3) is 3.96. The topological polar surface area (TPSA) is 82.2 Å². The lowest BCUT2D eigenvalue weighted by molar-refractivity contribution is 0.240. The number of urea groups is 1. The van der Waals surface area contributed by atoms with Gasteiger partial charge in [0.25, 0.3) is 0 Å². The number of aryl methyl sites for hydroxylation is 1. The number of nitrogens with one attached hydrogen (secondary N) is 2. The second-order valence-electron chi connectivity index (χ2n) is 5.31. The molecule has 0 saturated heterocycles. The van der Waals surface area contributed by atoms with Crippen LogP contribution in [0.15, 0.2) is 22.7 Å². The molecule has 0 radical (unpaired) electrons. The minimum atomic E-state index is -0.421. The lowest BCUT2D eigenvalue weighted by atomic mass is 10.1. The number of anilines is 1. The normalized spacial score (nSPS) is 11.0. The molecule has 104 valence electrons. The molecule has 0 fully saturated rings. The van der Waals surface area contributed by atoms with Crippen molar-refractivity contribution >= 4 is 33.6 Å². The largest absolute Gasteiger partial charge is 0.369 e. The lowest BCUT2D eigenvalue weighted by Crippen LogP contribution is -2.53. The van der Waals surface area contributed by atoms with Crippen molar-refractivity contribution in [3.63, 3.8) is 0 Å². The number of nitrogens with two attached hydrogens (primary N) is 1. The fourth-order valence-corrected chi connectivity index (χ4v) is 2.26. The summed E-state index contributed by atoms with van der Waals surface area (Å²) in [6.07, 6.45) is 0. The zero-order chi connectivity index (χ0) is 14.8. The predicted octanol–water partition coefficient (Wildman–Crippen LogP) is 2.97. The van der Waals surface area contributed by atoms with Gasteiger partial charge in [0.15, 0.2) is 0 Å². The van der Waals surface area contributed by atoms with E-state index in [1.54, 1.807) is 0 Å². The van der Waals surface area contributed by atoms with Crippen molar-refractivity contribution in [1.82, 2.24) is 5.32 Å². The molecule has 0 spiro atoms. The molecule has 1 aromatic carbocycles. The predicted molar refractivity (Wildman–Crippen MR) is 81.6 cm³/mol. The van der Waals surface area contributed by atoms with Gasteiger partial charge in [0.05, 0.1) is 5.69 Å². The van der Waals surface area contributed by atoms with E-state index in [-0.39, 0.29) is 5.96 Å². The Morgan fingerprint density at radius 2 is 2.00 bits per heavy atom. The van der Waals surface area contributed by atoms with Crippen LogP contribution >= 0.6 is 15.9 Å². The van der Waals surface area contributed by atoms with Gasteiger partial charge in [0, 0.05) is 10.0 Å². The molecule has 0 aromatic heterocycles. The minimum Gasteiger partial charge on any atom is -0.369 e. The third-order valence-corrected chi connectivity index (χ3v) is 2.98. The average Bonchev–Trinajstić information content (AvgIpc) is 2.20. The smallest absolute Gasteiger partial charge is 0.329 e. The van der Waals surface area contributed by atoms with Gasteiger partial charge < -0.3 is 11.1 Å². The zero-order valence-corrected chi connectivity index (χ0v) is 13.1. The number of carbonyl (C=O) groups is 1. The van der Waals surface area contributed by atoms with Crippen LogP contribution in [-0.2, 0) is 0 Å². The Bertz CT molecular complexity index is 488. The summed E-state index contributed by atoms with van der Waals surface area (Å²) in [5.74, 6) is -0.322. The first kappa shape index (κ1) is 15.5. The SMILES string of the molecule is Cc1cccc(Br)c1N(C(=N)N)C(=O)NC(C)(C)C. The number of amides is 2. The van der Waals surface area contributed by atoms with Gasteiger partial charge in [-0.2, -0.15) is 0 Å². The van der Waals surface area contributed by atoms with Crippen LogP contribution < -0.4 is 16.0 Å². The average molecular weight is 327 g/mol. The summed E-state index contributed by atoms with van der Waals surface area (Å²) >= 11 is 3.39. The molecule has 1 aromatic rings. The summed E-state index contributed by atoms with van der Waals surface area (Å²) < 4.78 is 0.715. The van der Waals surface area contributed by atoms with Gasteiger partial charge in [-0.15, -0.1) is 0 Å². The molecule has 0 saturated carbocycles. The Balaban J connectivity index is 3.22. The maximum Gasteiger partial charge on any atom is 0.329 e. The summed E-state index contributed by atoms with van der Waals surface area (Å²) in [7, 11) is 0. The summed E-state index contributed by atoms with van der Waals surface area (Å²) in [4.78, 5) is 13.4. The van der Waals surface area contributed by atoms with E-state index in [2.05, 4.69) is 21.2 Å². The fraction of sp³-hybridized carbons (Fsp3) is 0.385. The van der Waals surface area contributed by atoms with Crippen molar-refractivity contribution in [1.29, 1.82) is 5.41 Å². The van der Waals surface area contributed by atoms with Gasteiger partial charge >= 0.3 is 6.03 Å². The molecule has 5 nitrogen and oxygen atoms in total. The number of halogens is 1. The molecule has 19 heavy (non-hydrogen) atoms. The third-order valence-electron chi connectivity index (χ3n) is 2.34. The Hall–Kier alpha value is -1.56. The number of hydrogen-bond acceptors (Lipinski definition) is 2. The van der Waals surface area contributed by atoms with Crippen molar-refractivity contribution in [3.8, 4) is 0 Å². The summed E-state index contributed by atoms with van der Waals surface area (Å²) in [6.45, 7) is 7.47. The Morgan fingerprint density at radius 3 is 2.42 bits per heavy atom. The van der Waals surface area contributed by atoms with Crippen molar-refractivity contribution in [2.45, 2.75) is 33.2 Å². The van der Waals surface area contributed by atoms with Crippen molar-refractivity contribution < 1.29 is 4.79 Å². The van der Waals surface area contributed by atoms with Gasteiger partial charge in [0.2, 0.25) is 5.96 Å². The fourth-order valence-electron chi connectivity index (χ4n) is 1.61. The van der Waals surface area contributed by atoms with Crippen molar-refractivity contribution in [2.24, 2.45) is 5.73 Å². The van der Waals surface area contributed by atoms with E-state index < -0.39 is 11.6 Å². The van der Waals surface area contributed by atoms with E-state index in [1.807, 2.05) is 45.9 Å². The number of carbonyl (C=O) groups excluding carboxylic acids is 1. The molecule has 0 unspecified atom stereocenters. The maximum absolute atomic E-state index is 12.3. The highest BCUT2D eigenvalue weighted by Crippen LogP contribution is 2.29. The Kier molecular flexibility index (Phi) is 4.57. The first-order valence-electron chi connectivity index (χ1n) is 5.85. The standard InChI is InChI=1S/C13H19BrN4O/c1-8-6-5-7-9(14)10(8)18(11(15)16)12(19)17-13(2,3)4/h5-7H,1-4H3,(H3,15,16)(H,17,19). The van der Waals surface area contributed by atoms with Crippen LogP contribution in [0.4, 0.5) is 10.5 Å². The minimum absolute atomic E-state index is 0.322. The van der Waals surface area contributed by atoms with Gasteiger partial charge in [-0.25, -0.2) is 9.69 Å². The first-order valence-corrected chi connectivity index (χ1v) is 6.64. The summed E-state index contributed by atoms with van der Waals surface area (Å²) in [6, 6.07) is 5.11. The van der Waals surface area contributed by atoms with Crippen LogP contribution in [0.1, 0.15) is 26.3 Å². The van der Waals surface area contributed by atoms with E-state index in [1.165, 1.54) is 0 Å². The first-order chi connectivity index (χ1) is 8.63. The van der Waals surface area contributed by atoms with Gasteiger partial charge in [-0.3, -0.25) is 5.41 Å². The molecule has 4 N–H and O–H groups in total. The number of hydrogen-bond donors (Lipinski definition) is 3. The molecule has 0 aliphatic carbocycles. The van der Waals surface area contributed by atoms with Gasteiger partial charge in [-0.05, 0) is 55.3 Å². The highest BCUT2D eigenvalue weighted by atomic mass is 79.9. The molecule has 0 heterocycles. The number of guanidine groups is 1. The van der Waals surface area contributed by atoms with E-state index in [0.29, 0.717) is 10.2 Å². The Labute approximate surface area is 121 Å². The number of benzene rings is 1. The molecule has 0 bridgehead atoms. The number of para-hydroxylation sites is 1. The highest BCUT2D eigenvalue weighted by Gasteiger charge is 2.25. The quantitative estimate of drug-likeness (QED) is 0.547. The van der Waals surface area contributed by atoms with Crippen LogP contribution in [0, 0.1) is 12.3 Å². The summed E-state index contributed by atoms with van der Waals surface area (Å²) in [5, 5.41) is 10.4. The molecule has 2 amide bonds. The van der Waals surface area contributed by atoms with E-state index in [9.17, 15) is 4.79 Å².